The van der Waals surface area contributed by atoms with E-state index in [1.165, 1.54) is 14.2 Å². The highest BCUT2D eigenvalue weighted by Crippen LogP contribution is 2.36. The van der Waals surface area contributed by atoms with Crippen LogP contribution >= 0.6 is 11.6 Å². The molecule has 0 saturated carbocycles. The number of benzene rings is 2. The lowest BCUT2D eigenvalue weighted by Crippen LogP contribution is -2.13. The number of nitrogens with one attached hydrogen (secondary N) is 2. The smallest absolute Gasteiger partial charge is 0.273 e. The molecule has 0 unspecified atom stereocenters. The summed E-state index contributed by atoms with van der Waals surface area (Å²) >= 11 is 6.18. The first kappa shape index (κ1) is 21.5. The van der Waals surface area contributed by atoms with Crippen molar-refractivity contribution in [3.63, 3.8) is 0 Å². The zero-order valence-corrected chi connectivity index (χ0v) is 17.9. The molecule has 3 aromatic rings. The number of amides is 1. The summed E-state index contributed by atoms with van der Waals surface area (Å²) in [5.74, 6) is 1.24. The lowest BCUT2D eigenvalue weighted by molar-refractivity contribution is 0.102. The Bertz CT molecular complexity index is 1020. The van der Waals surface area contributed by atoms with Crippen LogP contribution in [-0.2, 0) is 0 Å². The predicted octanol–water partition coefficient (Wildman–Crippen LogP) is 5.18. The number of nitrogens with zero attached hydrogens (tertiary/aromatic N) is 1. The molecule has 7 nitrogen and oxygen atoms in total. The summed E-state index contributed by atoms with van der Waals surface area (Å²) in [5.41, 5.74) is 2.15. The maximum atomic E-state index is 12.7. The molecular formula is C22H24ClN3O4. The van der Waals surface area contributed by atoms with Gasteiger partial charge in [-0.2, -0.15) is 5.10 Å². The monoisotopic (exact) mass is 429 g/mol. The zero-order chi connectivity index (χ0) is 21.5. The van der Waals surface area contributed by atoms with Crippen molar-refractivity contribution in [3.8, 4) is 28.5 Å². The lowest BCUT2D eigenvalue weighted by atomic mass is 10.1. The summed E-state index contributed by atoms with van der Waals surface area (Å²) in [6, 6.07) is 12.5. The van der Waals surface area contributed by atoms with Crippen molar-refractivity contribution in [2.45, 2.75) is 19.8 Å². The van der Waals surface area contributed by atoms with Crippen molar-refractivity contribution in [2.24, 2.45) is 0 Å². The Morgan fingerprint density at radius 1 is 1.10 bits per heavy atom. The minimum absolute atomic E-state index is 0.294. The number of ether oxygens (including phenoxy) is 3. The van der Waals surface area contributed by atoms with Crippen LogP contribution in [0.3, 0.4) is 0 Å². The van der Waals surface area contributed by atoms with Gasteiger partial charge in [-0.15, -0.1) is 0 Å². The van der Waals surface area contributed by atoms with Crippen LogP contribution in [0.15, 0.2) is 42.5 Å². The van der Waals surface area contributed by atoms with Gasteiger partial charge in [0.2, 0.25) is 0 Å². The van der Waals surface area contributed by atoms with Crippen LogP contribution in [-0.4, -0.2) is 36.9 Å². The van der Waals surface area contributed by atoms with Gasteiger partial charge in [0, 0.05) is 11.6 Å². The molecule has 0 saturated heterocycles. The van der Waals surface area contributed by atoms with Crippen LogP contribution in [0, 0.1) is 0 Å². The summed E-state index contributed by atoms with van der Waals surface area (Å²) in [7, 11) is 3.01. The van der Waals surface area contributed by atoms with Gasteiger partial charge in [0.15, 0.2) is 0 Å². The van der Waals surface area contributed by atoms with Crippen molar-refractivity contribution in [1.29, 1.82) is 0 Å². The number of halogens is 1. The fourth-order valence-corrected chi connectivity index (χ4v) is 3.09. The number of aromatic amines is 1. The van der Waals surface area contributed by atoms with Crippen molar-refractivity contribution in [3.05, 3.63) is 53.2 Å². The Hall–Kier alpha value is -3.19. The quantitative estimate of drug-likeness (QED) is 0.458. The van der Waals surface area contributed by atoms with E-state index in [0.717, 1.165) is 24.2 Å². The van der Waals surface area contributed by atoms with E-state index in [2.05, 4.69) is 22.4 Å². The highest BCUT2D eigenvalue weighted by molar-refractivity contribution is 6.32. The maximum absolute atomic E-state index is 12.7. The number of aromatic nitrogens is 2. The lowest BCUT2D eigenvalue weighted by Gasteiger charge is -2.12. The van der Waals surface area contributed by atoms with E-state index < -0.39 is 0 Å². The Balaban J connectivity index is 1.81. The minimum atomic E-state index is -0.377. The largest absolute Gasteiger partial charge is 0.495 e. The van der Waals surface area contributed by atoms with Crippen molar-refractivity contribution in [2.75, 3.05) is 26.1 Å². The van der Waals surface area contributed by atoms with Crippen molar-refractivity contribution < 1.29 is 19.0 Å². The molecule has 2 aromatic carbocycles. The molecule has 0 aliphatic carbocycles. The van der Waals surface area contributed by atoms with Crippen molar-refractivity contribution >= 4 is 23.2 Å². The summed E-state index contributed by atoms with van der Waals surface area (Å²) in [5, 5.41) is 10.2. The molecule has 8 heteroatoms. The second kappa shape index (κ2) is 10.0. The van der Waals surface area contributed by atoms with E-state index in [-0.39, 0.29) is 5.91 Å². The fourth-order valence-electron chi connectivity index (χ4n) is 2.85. The number of carbonyl (C=O) groups excluding carboxylic acids is 1. The minimum Gasteiger partial charge on any atom is -0.495 e. The number of hydrogen-bond acceptors (Lipinski definition) is 5. The number of hydrogen-bond donors (Lipinski definition) is 2. The number of rotatable bonds is 9. The third-order valence-electron chi connectivity index (χ3n) is 4.46. The van der Waals surface area contributed by atoms with Gasteiger partial charge in [-0.05, 0) is 30.7 Å². The Morgan fingerprint density at radius 3 is 2.60 bits per heavy atom. The summed E-state index contributed by atoms with van der Waals surface area (Å²) < 4.78 is 16.4. The Kier molecular flexibility index (Phi) is 7.19. The maximum Gasteiger partial charge on any atom is 0.273 e. The molecule has 0 fully saturated rings. The molecule has 0 aliphatic rings. The van der Waals surface area contributed by atoms with Gasteiger partial charge in [0.25, 0.3) is 5.91 Å². The molecule has 158 valence electrons. The molecule has 30 heavy (non-hydrogen) atoms. The molecule has 0 radical (unpaired) electrons. The number of para-hydroxylation sites is 1. The zero-order valence-electron chi connectivity index (χ0n) is 17.1. The first-order chi connectivity index (χ1) is 14.6. The normalized spacial score (nSPS) is 10.5. The molecular weight excluding hydrogens is 406 g/mol. The van der Waals surface area contributed by atoms with Crippen molar-refractivity contribution in [1.82, 2.24) is 10.2 Å². The van der Waals surface area contributed by atoms with E-state index in [4.69, 9.17) is 25.8 Å². The average molecular weight is 430 g/mol. The highest BCUT2D eigenvalue weighted by Gasteiger charge is 2.17. The molecule has 1 amide bonds. The molecule has 0 aliphatic heterocycles. The standard InChI is InChI=1S/C22H24ClN3O4/c1-4-5-10-30-19-9-7-6-8-14(19)16-12-18(26-25-16)22(27)24-17-11-15(23)20(28-2)13-21(17)29-3/h6-9,11-13H,4-5,10H2,1-3H3,(H,24,27)(H,25,26). The predicted molar refractivity (Wildman–Crippen MR) is 117 cm³/mol. The van der Waals surface area contributed by atoms with Gasteiger partial charge in [0.1, 0.15) is 22.9 Å². The summed E-state index contributed by atoms with van der Waals surface area (Å²) in [6.45, 7) is 2.74. The summed E-state index contributed by atoms with van der Waals surface area (Å²) in [6.07, 6.45) is 2.02. The third-order valence-corrected chi connectivity index (χ3v) is 4.76. The number of anilines is 1. The van der Waals surface area contributed by atoms with E-state index in [1.54, 1.807) is 18.2 Å². The first-order valence-corrected chi connectivity index (χ1v) is 9.95. The van der Waals surface area contributed by atoms with Crippen LogP contribution in [0.1, 0.15) is 30.3 Å². The molecule has 3 rings (SSSR count). The molecule has 1 aromatic heterocycles. The topological polar surface area (TPSA) is 85.5 Å². The van der Waals surface area contributed by atoms with Crippen LogP contribution in [0.2, 0.25) is 5.02 Å². The van der Waals surface area contributed by atoms with Gasteiger partial charge < -0.3 is 19.5 Å². The van der Waals surface area contributed by atoms with Crippen LogP contribution < -0.4 is 19.5 Å². The van der Waals surface area contributed by atoms with Gasteiger partial charge in [-0.3, -0.25) is 9.89 Å². The molecule has 0 atom stereocenters. The average Bonchev–Trinajstić information content (AvgIpc) is 3.25. The molecule has 0 spiro atoms. The van der Waals surface area contributed by atoms with Crippen LogP contribution in [0.25, 0.3) is 11.3 Å². The van der Waals surface area contributed by atoms with Gasteiger partial charge in [-0.1, -0.05) is 37.1 Å². The summed E-state index contributed by atoms with van der Waals surface area (Å²) in [4.78, 5) is 12.7. The first-order valence-electron chi connectivity index (χ1n) is 9.57. The molecule has 0 bridgehead atoms. The SMILES string of the molecule is CCCCOc1ccccc1-c1cc(C(=O)Nc2cc(Cl)c(OC)cc2OC)[nH]n1. The van der Waals surface area contributed by atoms with E-state index >= 15 is 0 Å². The third kappa shape index (κ3) is 4.86. The van der Waals surface area contributed by atoms with E-state index in [9.17, 15) is 4.79 Å². The second-order valence-electron chi connectivity index (χ2n) is 6.51. The van der Waals surface area contributed by atoms with Crippen LogP contribution in [0.4, 0.5) is 5.69 Å². The fraction of sp³-hybridized carbons (Fsp3) is 0.273. The Labute approximate surface area is 180 Å². The number of unbranched alkanes of at least 4 members (excludes halogenated alkanes) is 1. The van der Waals surface area contributed by atoms with Crippen LogP contribution in [0.5, 0.6) is 17.2 Å². The van der Waals surface area contributed by atoms with E-state index in [0.29, 0.717) is 40.2 Å². The number of methoxy groups -OCH3 is 2. The highest BCUT2D eigenvalue weighted by atomic mass is 35.5. The van der Waals surface area contributed by atoms with Gasteiger partial charge in [-0.25, -0.2) is 0 Å². The van der Waals surface area contributed by atoms with Gasteiger partial charge in [0.05, 0.1) is 37.2 Å². The van der Waals surface area contributed by atoms with Gasteiger partial charge >= 0.3 is 0 Å². The van der Waals surface area contributed by atoms with E-state index in [1.807, 2.05) is 24.3 Å². The molecule has 2 N–H and O–H groups in total. The number of carbonyl (C=O) groups is 1. The number of H-pyrrole nitrogens is 1. The Morgan fingerprint density at radius 2 is 1.87 bits per heavy atom. The second-order valence-corrected chi connectivity index (χ2v) is 6.91. The molecule has 1 heterocycles.